The van der Waals surface area contributed by atoms with Gasteiger partial charge in [-0.2, -0.15) is 57.1 Å². The topological polar surface area (TPSA) is 21.8 Å². The van der Waals surface area contributed by atoms with Crippen LogP contribution in [-0.4, -0.2) is 61.7 Å². The van der Waals surface area contributed by atoms with Gasteiger partial charge in [0, 0.05) is 6.42 Å². The average Bonchev–Trinajstić information content (AvgIpc) is 3.25. The average molecular weight is 420 g/mol. The number of halogens is 13. The van der Waals surface area contributed by atoms with Gasteiger partial charge in [0.25, 0.3) is 0 Å². The van der Waals surface area contributed by atoms with Crippen molar-refractivity contribution in [3.05, 3.63) is 0 Å². The van der Waals surface area contributed by atoms with Crippen molar-refractivity contribution in [2.75, 3.05) is 19.8 Å². The van der Waals surface area contributed by atoms with E-state index in [1.807, 2.05) is 0 Å². The van der Waals surface area contributed by atoms with Crippen LogP contribution in [0.1, 0.15) is 6.42 Å². The number of epoxide rings is 1. The van der Waals surface area contributed by atoms with Crippen molar-refractivity contribution < 1.29 is 66.5 Å². The Labute approximate surface area is 136 Å². The molecule has 15 heteroatoms. The van der Waals surface area contributed by atoms with E-state index in [0.717, 1.165) is 0 Å². The Kier molecular flexibility index (Phi) is 5.82. The largest absolute Gasteiger partial charge is 0.460 e. The number of hydrogen-bond acceptors (Lipinski definition) is 2. The Bertz CT molecular complexity index is 495. The van der Waals surface area contributed by atoms with Gasteiger partial charge in [-0.1, -0.05) is 0 Å². The molecule has 0 N–H and O–H groups in total. The summed E-state index contributed by atoms with van der Waals surface area (Å²) in [6.07, 6.45) is -10.3. The molecule has 0 spiro atoms. The van der Waals surface area contributed by atoms with E-state index in [1.165, 1.54) is 0 Å². The van der Waals surface area contributed by atoms with Crippen LogP contribution < -0.4 is 0 Å². The van der Waals surface area contributed by atoms with E-state index in [4.69, 9.17) is 0 Å². The van der Waals surface area contributed by atoms with Crippen LogP contribution in [0.5, 0.6) is 0 Å². The van der Waals surface area contributed by atoms with Crippen molar-refractivity contribution in [1.29, 1.82) is 0 Å². The van der Waals surface area contributed by atoms with Gasteiger partial charge in [-0.25, -0.2) is 0 Å². The molecule has 0 aromatic rings. The Hall–Kier alpha value is -0.990. The monoisotopic (exact) mass is 420 g/mol. The molecule has 0 bridgehead atoms. The molecule has 1 heterocycles. The molecule has 26 heavy (non-hydrogen) atoms. The molecule has 0 saturated carbocycles. The summed E-state index contributed by atoms with van der Waals surface area (Å²) in [5, 5.41) is 0. The molecule has 2 nitrogen and oxygen atoms in total. The van der Waals surface area contributed by atoms with Crippen molar-refractivity contribution >= 4 is 0 Å². The van der Waals surface area contributed by atoms with E-state index in [-0.39, 0.29) is 6.61 Å². The Balaban J connectivity index is 3.04. The molecule has 0 aliphatic carbocycles. The van der Waals surface area contributed by atoms with Gasteiger partial charge < -0.3 is 9.47 Å². The van der Waals surface area contributed by atoms with Gasteiger partial charge >= 0.3 is 35.8 Å². The number of ether oxygens (including phenoxy) is 2. The number of alkyl halides is 13. The third-order valence-electron chi connectivity index (χ3n) is 3.26. The van der Waals surface area contributed by atoms with E-state index in [1.54, 1.807) is 0 Å². The summed E-state index contributed by atoms with van der Waals surface area (Å²) in [6.45, 7) is -1.70. The van der Waals surface area contributed by atoms with E-state index in [9.17, 15) is 57.1 Å². The van der Waals surface area contributed by atoms with Crippen molar-refractivity contribution in [3.8, 4) is 0 Å². The third-order valence-corrected chi connectivity index (χ3v) is 3.26. The van der Waals surface area contributed by atoms with Crippen LogP contribution in [0.3, 0.4) is 0 Å². The molecule has 1 fully saturated rings. The van der Waals surface area contributed by atoms with Gasteiger partial charge in [-0.15, -0.1) is 0 Å². The molecular formula is C11H9F13O2. The second kappa shape index (κ2) is 6.56. The van der Waals surface area contributed by atoms with E-state index < -0.39 is 61.5 Å². The van der Waals surface area contributed by atoms with Crippen LogP contribution in [0.4, 0.5) is 57.1 Å². The van der Waals surface area contributed by atoms with Crippen LogP contribution in [0.25, 0.3) is 0 Å². The summed E-state index contributed by atoms with van der Waals surface area (Å²) in [5.41, 5.74) is 0. The molecule has 0 aromatic carbocycles. The summed E-state index contributed by atoms with van der Waals surface area (Å²) in [4.78, 5) is 0. The maximum atomic E-state index is 13.3. The van der Waals surface area contributed by atoms with Crippen molar-refractivity contribution in [2.24, 2.45) is 0 Å². The lowest BCUT2D eigenvalue weighted by atomic mass is 9.93. The van der Waals surface area contributed by atoms with Gasteiger partial charge in [0.15, 0.2) is 0 Å². The Morgan fingerprint density at radius 2 is 1.12 bits per heavy atom. The first kappa shape index (κ1) is 23.0. The first-order chi connectivity index (χ1) is 11.3. The molecule has 1 rings (SSSR count). The molecule has 1 aliphatic heterocycles. The second-order valence-corrected chi connectivity index (χ2v) is 5.28. The van der Waals surface area contributed by atoms with Crippen molar-refractivity contribution in [1.82, 2.24) is 0 Å². The summed E-state index contributed by atoms with van der Waals surface area (Å²) >= 11 is 0. The fourth-order valence-corrected chi connectivity index (χ4v) is 1.54. The molecule has 0 aromatic heterocycles. The van der Waals surface area contributed by atoms with E-state index in [0.29, 0.717) is 0 Å². The lowest BCUT2D eigenvalue weighted by molar-refractivity contribution is -0.440. The third kappa shape index (κ3) is 3.68. The van der Waals surface area contributed by atoms with Crippen LogP contribution in [0.15, 0.2) is 0 Å². The molecule has 156 valence electrons. The second-order valence-electron chi connectivity index (χ2n) is 5.28. The zero-order valence-corrected chi connectivity index (χ0v) is 12.1. The smallest absolute Gasteiger partial charge is 0.378 e. The quantitative estimate of drug-likeness (QED) is 0.311. The molecule has 0 radical (unpaired) electrons. The molecule has 1 saturated heterocycles. The predicted molar refractivity (Wildman–Crippen MR) is 56.0 cm³/mol. The maximum absolute atomic E-state index is 13.3. The van der Waals surface area contributed by atoms with Crippen LogP contribution >= 0.6 is 0 Å². The first-order valence-corrected chi connectivity index (χ1v) is 6.48. The predicted octanol–water partition coefficient (Wildman–Crippen LogP) is 4.53. The summed E-state index contributed by atoms with van der Waals surface area (Å²) in [7, 11) is 0. The van der Waals surface area contributed by atoms with Gasteiger partial charge in [0.1, 0.15) is 6.10 Å². The van der Waals surface area contributed by atoms with Crippen LogP contribution in [-0.2, 0) is 9.47 Å². The highest BCUT2D eigenvalue weighted by atomic mass is 19.4. The van der Waals surface area contributed by atoms with Gasteiger partial charge in [-0.3, -0.25) is 0 Å². The normalized spacial score (nSPS) is 20.4. The van der Waals surface area contributed by atoms with Gasteiger partial charge in [0.05, 0.1) is 19.8 Å². The van der Waals surface area contributed by atoms with Crippen molar-refractivity contribution in [3.63, 3.8) is 0 Å². The minimum absolute atomic E-state index is 0.128. The number of hydrogen-bond donors (Lipinski definition) is 0. The first-order valence-electron chi connectivity index (χ1n) is 6.48. The highest BCUT2D eigenvalue weighted by molar-refractivity contribution is 5.10. The Morgan fingerprint density at radius 1 is 0.692 bits per heavy atom. The zero-order valence-electron chi connectivity index (χ0n) is 12.1. The highest BCUT2D eigenvalue weighted by Crippen LogP contribution is 2.60. The zero-order chi connectivity index (χ0) is 20.8. The molecule has 0 amide bonds. The van der Waals surface area contributed by atoms with E-state index in [2.05, 4.69) is 9.47 Å². The Morgan fingerprint density at radius 3 is 1.50 bits per heavy atom. The van der Waals surface area contributed by atoms with Gasteiger partial charge in [0.2, 0.25) is 0 Å². The lowest BCUT2D eigenvalue weighted by Gasteiger charge is -2.39. The minimum Gasteiger partial charge on any atom is -0.378 e. The minimum atomic E-state index is -7.87. The molecule has 1 atom stereocenters. The fraction of sp³-hybridized carbons (Fsp3) is 1.00. The summed E-state index contributed by atoms with van der Waals surface area (Å²) in [5.74, 6) is -36.7. The maximum Gasteiger partial charge on any atom is 0.460 e. The fourth-order valence-electron chi connectivity index (χ4n) is 1.54. The summed E-state index contributed by atoms with van der Waals surface area (Å²) in [6, 6.07) is 0. The van der Waals surface area contributed by atoms with Crippen molar-refractivity contribution in [2.45, 2.75) is 48.3 Å². The highest BCUT2D eigenvalue weighted by Gasteiger charge is 2.90. The van der Waals surface area contributed by atoms with Crippen LogP contribution in [0, 0.1) is 0 Å². The lowest BCUT2D eigenvalue weighted by Crippen LogP contribution is -2.70. The summed E-state index contributed by atoms with van der Waals surface area (Å²) < 4.78 is 175. The molecular weight excluding hydrogens is 411 g/mol. The van der Waals surface area contributed by atoms with E-state index >= 15 is 0 Å². The number of rotatable bonds is 9. The van der Waals surface area contributed by atoms with Gasteiger partial charge in [-0.05, 0) is 0 Å². The standard InChI is InChI=1S/C11H9F13O2/c12-6(13,1-2-25-3-5-4-26-5)7(14,15)8(16,17)9(18,19)10(20,21)11(22,23)24/h5H,1-4H2. The van der Waals surface area contributed by atoms with Crippen LogP contribution in [0.2, 0.25) is 0 Å². The molecule has 1 aliphatic rings. The molecule has 1 unspecified atom stereocenters. The SMILES string of the molecule is FC(F)(F)C(F)(F)C(F)(F)C(F)(F)C(F)(F)C(F)(F)CCOCC1CO1.